The van der Waals surface area contributed by atoms with Gasteiger partial charge in [-0.25, -0.2) is 8.42 Å². The third-order valence-corrected chi connectivity index (χ3v) is 5.76. The van der Waals surface area contributed by atoms with Gasteiger partial charge in [-0.15, -0.1) is 0 Å². The SMILES string of the molecule is COc1ccc(OC)c(C(C)NC(=O)CN(c2ccc(Cl)cc2C)S(C)(=O)=O)c1. The zero-order valence-corrected chi connectivity index (χ0v) is 18.6. The van der Waals surface area contributed by atoms with Crippen molar-refractivity contribution in [1.29, 1.82) is 0 Å². The van der Waals surface area contributed by atoms with Gasteiger partial charge in [0.2, 0.25) is 15.9 Å². The third-order valence-electron chi connectivity index (χ3n) is 4.40. The Bertz CT molecular complexity index is 994. The molecule has 2 aromatic carbocycles. The van der Waals surface area contributed by atoms with Crippen LogP contribution in [-0.2, 0) is 14.8 Å². The summed E-state index contributed by atoms with van der Waals surface area (Å²) in [6.45, 7) is 3.16. The summed E-state index contributed by atoms with van der Waals surface area (Å²) in [5.41, 5.74) is 1.77. The standard InChI is InChI=1S/C20H25ClN2O5S/c1-13-10-15(21)6-8-18(13)23(29(5,25)26)12-20(24)22-14(2)17-11-16(27-3)7-9-19(17)28-4/h6-11,14H,12H2,1-5H3,(H,22,24). The molecule has 0 radical (unpaired) electrons. The first-order valence-electron chi connectivity index (χ1n) is 8.82. The van der Waals surface area contributed by atoms with Gasteiger partial charge in [0.25, 0.3) is 0 Å². The van der Waals surface area contributed by atoms with Gasteiger partial charge in [0.05, 0.1) is 32.2 Å². The minimum absolute atomic E-state index is 0.363. The van der Waals surface area contributed by atoms with E-state index in [1.807, 2.05) is 0 Å². The van der Waals surface area contributed by atoms with Crippen LogP contribution in [0.4, 0.5) is 5.69 Å². The fourth-order valence-electron chi connectivity index (χ4n) is 2.95. The van der Waals surface area contributed by atoms with Gasteiger partial charge in [0, 0.05) is 10.6 Å². The van der Waals surface area contributed by atoms with Crippen molar-refractivity contribution in [3.8, 4) is 11.5 Å². The zero-order valence-electron chi connectivity index (χ0n) is 17.0. The van der Waals surface area contributed by atoms with E-state index in [2.05, 4.69) is 5.32 Å². The lowest BCUT2D eigenvalue weighted by Crippen LogP contribution is -2.41. The molecule has 0 heterocycles. The van der Waals surface area contributed by atoms with Crippen LogP contribution in [0.15, 0.2) is 36.4 Å². The molecular weight excluding hydrogens is 416 g/mol. The number of hydrogen-bond acceptors (Lipinski definition) is 5. The van der Waals surface area contributed by atoms with Crippen LogP contribution in [0.3, 0.4) is 0 Å². The minimum Gasteiger partial charge on any atom is -0.497 e. The summed E-state index contributed by atoms with van der Waals surface area (Å²) >= 11 is 5.96. The number of sulfonamides is 1. The van der Waals surface area contributed by atoms with Crippen molar-refractivity contribution in [2.45, 2.75) is 19.9 Å². The van der Waals surface area contributed by atoms with Crippen molar-refractivity contribution >= 4 is 33.2 Å². The molecule has 1 amide bonds. The number of rotatable bonds is 8. The van der Waals surface area contributed by atoms with Crippen molar-refractivity contribution < 1.29 is 22.7 Å². The van der Waals surface area contributed by atoms with Crippen LogP contribution in [0.1, 0.15) is 24.1 Å². The Kier molecular flexibility index (Phi) is 7.37. The molecule has 0 bridgehead atoms. The second-order valence-electron chi connectivity index (χ2n) is 6.60. The summed E-state index contributed by atoms with van der Waals surface area (Å²) in [5, 5.41) is 3.31. The number of anilines is 1. The molecular formula is C20H25ClN2O5S. The molecule has 29 heavy (non-hydrogen) atoms. The maximum absolute atomic E-state index is 12.7. The largest absolute Gasteiger partial charge is 0.497 e. The van der Waals surface area contributed by atoms with Crippen LogP contribution >= 0.6 is 11.6 Å². The summed E-state index contributed by atoms with van der Waals surface area (Å²) < 4.78 is 36.3. The van der Waals surface area contributed by atoms with E-state index >= 15 is 0 Å². The summed E-state index contributed by atoms with van der Waals surface area (Å²) in [5.74, 6) is 0.755. The quantitative estimate of drug-likeness (QED) is 0.680. The highest BCUT2D eigenvalue weighted by Crippen LogP contribution is 2.29. The van der Waals surface area contributed by atoms with E-state index in [0.717, 1.165) is 10.6 Å². The van der Waals surface area contributed by atoms with Crippen LogP contribution < -0.4 is 19.1 Å². The van der Waals surface area contributed by atoms with Gasteiger partial charge in [-0.2, -0.15) is 0 Å². The molecule has 0 aliphatic rings. The number of halogens is 1. The first kappa shape index (κ1) is 22.8. The summed E-state index contributed by atoms with van der Waals surface area (Å²) in [4.78, 5) is 12.7. The maximum Gasteiger partial charge on any atom is 0.241 e. The molecule has 7 nitrogen and oxygen atoms in total. The van der Waals surface area contributed by atoms with Gasteiger partial charge in [-0.05, 0) is 55.8 Å². The van der Waals surface area contributed by atoms with E-state index in [1.165, 1.54) is 7.11 Å². The average molecular weight is 441 g/mol. The fraction of sp³-hybridized carbons (Fsp3) is 0.350. The highest BCUT2D eigenvalue weighted by atomic mass is 35.5. The lowest BCUT2D eigenvalue weighted by Gasteiger charge is -2.25. The molecule has 9 heteroatoms. The van der Waals surface area contributed by atoms with Gasteiger partial charge < -0.3 is 14.8 Å². The van der Waals surface area contributed by atoms with Gasteiger partial charge in [0.1, 0.15) is 18.0 Å². The number of aryl methyl sites for hydroxylation is 1. The van der Waals surface area contributed by atoms with E-state index in [9.17, 15) is 13.2 Å². The molecule has 1 atom stereocenters. The fourth-order valence-corrected chi connectivity index (χ4v) is 4.09. The molecule has 0 saturated carbocycles. The zero-order chi connectivity index (χ0) is 21.8. The van der Waals surface area contributed by atoms with Gasteiger partial charge in [0.15, 0.2) is 0 Å². The minimum atomic E-state index is -3.69. The monoisotopic (exact) mass is 440 g/mol. The van der Waals surface area contributed by atoms with Crippen molar-refractivity contribution in [3.05, 3.63) is 52.5 Å². The van der Waals surface area contributed by atoms with Crippen LogP contribution in [-0.4, -0.2) is 41.3 Å². The lowest BCUT2D eigenvalue weighted by atomic mass is 10.1. The number of methoxy groups -OCH3 is 2. The number of amides is 1. The summed E-state index contributed by atoms with van der Waals surface area (Å²) in [7, 11) is -0.602. The average Bonchev–Trinajstić information content (AvgIpc) is 2.65. The second-order valence-corrected chi connectivity index (χ2v) is 8.94. The predicted molar refractivity (Wildman–Crippen MR) is 114 cm³/mol. The van der Waals surface area contributed by atoms with Crippen LogP contribution in [0.5, 0.6) is 11.5 Å². The van der Waals surface area contributed by atoms with Gasteiger partial charge in [-0.1, -0.05) is 11.6 Å². The van der Waals surface area contributed by atoms with E-state index in [0.29, 0.717) is 33.3 Å². The highest BCUT2D eigenvalue weighted by Gasteiger charge is 2.24. The molecule has 158 valence electrons. The molecule has 1 unspecified atom stereocenters. The maximum atomic E-state index is 12.7. The molecule has 2 aromatic rings. The molecule has 0 aromatic heterocycles. The number of hydrogen-bond donors (Lipinski definition) is 1. The normalized spacial score (nSPS) is 12.2. The Hall–Kier alpha value is -2.45. The van der Waals surface area contributed by atoms with E-state index in [-0.39, 0.29) is 6.54 Å². The summed E-state index contributed by atoms with van der Waals surface area (Å²) in [6.07, 6.45) is 1.06. The van der Waals surface area contributed by atoms with Crippen molar-refractivity contribution in [2.24, 2.45) is 0 Å². The van der Waals surface area contributed by atoms with Gasteiger partial charge >= 0.3 is 0 Å². The molecule has 0 aliphatic carbocycles. The van der Waals surface area contributed by atoms with E-state index in [4.69, 9.17) is 21.1 Å². The summed E-state index contributed by atoms with van der Waals surface area (Å²) in [6, 6.07) is 9.66. The topological polar surface area (TPSA) is 84.9 Å². The second kappa shape index (κ2) is 9.37. The van der Waals surface area contributed by atoms with Gasteiger partial charge in [-0.3, -0.25) is 9.10 Å². The number of ether oxygens (including phenoxy) is 2. The lowest BCUT2D eigenvalue weighted by molar-refractivity contribution is -0.120. The number of carbonyl (C=O) groups excluding carboxylic acids is 1. The Labute approximate surface area is 176 Å². The highest BCUT2D eigenvalue weighted by molar-refractivity contribution is 7.92. The van der Waals surface area contributed by atoms with E-state index < -0.39 is 22.0 Å². The Balaban J connectivity index is 2.25. The Morgan fingerprint density at radius 2 is 1.86 bits per heavy atom. The molecule has 0 saturated heterocycles. The molecule has 1 N–H and O–H groups in total. The molecule has 0 aliphatic heterocycles. The van der Waals surface area contributed by atoms with Crippen LogP contribution in [0.25, 0.3) is 0 Å². The third kappa shape index (κ3) is 5.77. The smallest absolute Gasteiger partial charge is 0.241 e. The van der Waals surface area contributed by atoms with Crippen molar-refractivity contribution in [2.75, 3.05) is 31.3 Å². The van der Waals surface area contributed by atoms with Crippen LogP contribution in [0, 0.1) is 6.92 Å². The van der Waals surface area contributed by atoms with Crippen molar-refractivity contribution in [3.63, 3.8) is 0 Å². The van der Waals surface area contributed by atoms with Crippen molar-refractivity contribution in [1.82, 2.24) is 5.32 Å². The molecule has 0 fully saturated rings. The first-order valence-corrected chi connectivity index (χ1v) is 11.0. The Morgan fingerprint density at radius 1 is 1.17 bits per heavy atom. The molecule has 2 rings (SSSR count). The van der Waals surface area contributed by atoms with E-state index in [1.54, 1.807) is 57.4 Å². The van der Waals surface area contributed by atoms with Crippen LogP contribution in [0.2, 0.25) is 5.02 Å². The predicted octanol–water partition coefficient (Wildman–Crippen LogP) is 3.31. The number of carbonyl (C=O) groups is 1. The number of nitrogens with zero attached hydrogens (tertiary/aromatic N) is 1. The first-order chi connectivity index (χ1) is 13.6. The molecule has 0 spiro atoms. The number of nitrogens with one attached hydrogen (secondary N) is 1. The number of benzene rings is 2. The Morgan fingerprint density at radius 3 is 2.41 bits per heavy atom.